The Kier molecular flexibility index (Phi) is 7.12. The molecule has 0 saturated carbocycles. The van der Waals surface area contributed by atoms with Crippen molar-refractivity contribution in [2.45, 2.75) is 6.42 Å². The van der Waals surface area contributed by atoms with Gasteiger partial charge in [0.2, 0.25) is 11.8 Å². The molecule has 1 atom stereocenters. The molecule has 1 unspecified atom stereocenters. The molecule has 2 aromatic rings. The minimum Gasteiger partial charge on any atom is -0.495 e. The zero-order valence-electron chi connectivity index (χ0n) is 19.1. The molecule has 4 amide bonds. The van der Waals surface area contributed by atoms with Crippen molar-refractivity contribution in [3.8, 4) is 11.5 Å². The second kappa shape index (κ2) is 10.2. The molecule has 2 aliphatic heterocycles. The Hall–Kier alpha value is -3.46. The molecule has 2 aromatic carbocycles. The van der Waals surface area contributed by atoms with Crippen molar-refractivity contribution in [3.05, 3.63) is 47.5 Å². The van der Waals surface area contributed by atoms with E-state index in [4.69, 9.17) is 21.1 Å². The van der Waals surface area contributed by atoms with Crippen LogP contribution in [0.15, 0.2) is 42.5 Å². The minimum absolute atomic E-state index is 0.0856. The van der Waals surface area contributed by atoms with E-state index < -0.39 is 5.92 Å². The number of ether oxygens (including phenoxy) is 2. The van der Waals surface area contributed by atoms with E-state index in [-0.39, 0.29) is 30.8 Å². The van der Waals surface area contributed by atoms with Gasteiger partial charge in [-0.25, -0.2) is 4.79 Å². The van der Waals surface area contributed by atoms with Crippen molar-refractivity contribution >= 4 is 40.8 Å². The molecule has 0 aromatic heterocycles. The highest BCUT2D eigenvalue weighted by Crippen LogP contribution is 2.40. The molecule has 10 heteroatoms. The monoisotopic (exact) mass is 486 g/mol. The maximum absolute atomic E-state index is 13.2. The van der Waals surface area contributed by atoms with Gasteiger partial charge in [-0.3, -0.25) is 9.59 Å². The first kappa shape index (κ1) is 23.7. The Morgan fingerprint density at radius 2 is 1.62 bits per heavy atom. The first-order chi connectivity index (χ1) is 16.4. The summed E-state index contributed by atoms with van der Waals surface area (Å²) in [6, 6.07) is 12.3. The van der Waals surface area contributed by atoms with E-state index in [1.807, 2.05) is 30.3 Å². The van der Waals surface area contributed by atoms with Crippen LogP contribution < -0.4 is 19.7 Å². The fourth-order valence-corrected chi connectivity index (χ4v) is 4.51. The Balaban J connectivity index is 1.36. The normalized spacial score (nSPS) is 18.1. The Morgan fingerprint density at radius 1 is 0.971 bits per heavy atom. The van der Waals surface area contributed by atoms with Crippen LogP contribution in [0.3, 0.4) is 0 Å². The van der Waals surface area contributed by atoms with Crippen molar-refractivity contribution in [1.29, 1.82) is 0 Å². The van der Waals surface area contributed by atoms with Crippen LogP contribution >= 0.6 is 11.6 Å². The summed E-state index contributed by atoms with van der Waals surface area (Å²) in [6.45, 7) is 1.94. The number of urea groups is 1. The highest BCUT2D eigenvalue weighted by molar-refractivity contribution is 6.32. The van der Waals surface area contributed by atoms with Crippen molar-refractivity contribution in [2.75, 3.05) is 57.2 Å². The second-order valence-corrected chi connectivity index (χ2v) is 8.58. The molecule has 1 N–H and O–H groups in total. The van der Waals surface area contributed by atoms with Gasteiger partial charge in [0.15, 0.2) is 0 Å². The van der Waals surface area contributed by atoms with Crippen molar-refractivity contribution < 1.29 is 23.9 Å². The van der Waals surface area contributed by atoms with Crippen LogP contribution in [0.4, 0.5) is 16.2 Å². The number of amides is 4. The average Bonchev–Trinajstić information content (AvgIpc) is 3.25. The summed E-state index contributed by atoms with van der Waals surface area (Å²) >= 11 is 6.26. The molecule has 2 saturated heterocycles. The first-order valence-corrected chi connectivity index (χ1v) is 11.4. The van der Waals surface area contributed by atoms with Crippen LogP contribution in [0.25, 0.3) is 0 Å². The summed E-state index contributed by atoms with van der Waals surface area (Å²) in [5.41, 5.74) is 1.24. The standard InChI is InChI=1S/C24H27ClN4O5/c1-33-20-14-21(34-2)19(13-18(20)25)29-15-16(12-22(29)30)23(31)27-8-10-28(11-9-27)24(32)26-17-6-4-3-5-7-17/h3-7,13-14,16H,8-12,15H2,1-2H3,(H,26,32). The lowest BCUT2D eigenvalue weighted by molar-refractivity contribution is -0.137. The number of carbonyl (C=O) groups excluding carboxylic acids is 3. The molecule has 0 spiro atoms. The molecule has 4 rings (SSSR count). The number of benzene rings is 2. The largest absolute Gasteiger partial charge is 0.495 e. The lowest BCUT2D eigenvalue weighted by atomic mass is 10.1. The molecule has 0 aliphatic carbocycles. The first-order valence-electron chi connectivity index (χ1n) is 11.0. The molecule has 0 bridgehead atoms. The van der Waals surface area contributed by atoms with Gasteiger partial charge in [-0.2, -0.15) is 0 Å². The van der Waals surface area contributed by atoms with Gasteiger partial charge in [0.1, 0.15) is 11.5 Å². The lowest BCUT2D eigenvalue weighted by Crippen LogP contribution is -2.53. The number of para-hydroxylation sites is 1. The lowest BCUT2D eigenvalue weighted by Gasteiger charge is -2.35. The minimum atomic E-state index is -0.470. The Bertz CT molecular complexity index is 1070. The molecular formula is C24H27ClN4O5. The number of methoxy groups -OCH3 is 2. The van der Waals surface area contributed by atoms with Crippen LogP contribution in [0.1, 0.15) is 6.42 Å². The summed E-state index contributed by atoms with van der Waals surface area (Å²) < 4.78 is 10.6. The molecule has 0 radical (unpaired) electrons. The van der Waals surface area contributed by atoms with Gasteiger partial charge in [-0.05, 0) is 18.2 Å². The predicted octanol–water partition coefficient (Wildman–Crippen LogP) is 3.09. The zero-order chi connectivity index (χ0) is 24.2. The number of anilines is 2. The van der Waals surface area contributed by atoms with E-state index in [9.17, 15) is 14.4 Å². The topological polar surface area (TPSA) is 91.4 Å². The van der Waals surface area contributed by atoms with E-state index in [0.29, 0.717) is 48.4 Å². The maximum atomic E-state index is 13.2. The fourth-order valence-electron chi connectivity index (χ4n) is 4.27. The van der Waals surface area contributed by atoms with E-state index in [1.54, 1.807) is 21.9 Å². The smallest absolute Gasteiger partial charge is 0.321 e. The van der Waals surface area contributed by atoms with Crippen LogP contribution in [0.5, 0.6) is 11.5 Å². The quantitative estimate of drug-likeness (QED) is 0.701. The Morgan fingerprint density at radius 3 is 2.26 bits per heavy atom. The number of carbonyl (C=O) groups is 3. The highest BCUT2D eigenvalue weighted by atomic mass is 35.5. The predicted molar refractivity (Wildman–Crippen MR) is 129 cm³/mol. The number of rotatable bonds is 5. The SMILES string of the molecule is COc1cc(OC)c(N2CC(C(=O)N3CCN(C(=O)Nc4ccccc4)CC3)CC2=O)cc1Cl. The van der Waals surface area contributed by atoms with Gasteiger partial charge in [-0.15, -0.1) is 0 Å². The third-order valence-corrected chi connectivity index (χ3v) is 6.42. The van der Waals surface area contributed by atoms with Gasteiger partial charge in [-0.1, -0.05) is 29.8 Å². The number of piperazine rings is 1. The van der Waals surface area contributed by atoms with Crippen molar-refractivity contribution in [1.82, 2.24) is 9.80 Å². The molecule has 180 valence electrons. The van der Waals surface area contributed by atoms with Crippen LogP contribution in [0, 0.1) is 5.92 Å². The van der Waals surface area contributed by atoms with Gasteiger partial charge >= 0.3 is 6.03 Å². The number of hydrogen-bond acceptors (Lipinski definition) is 5. The van der Waals surface area contributed by atoms with Crippen molar-refractivity contribution in [2.24, 2.45) is 5.92 Å². The summed E-state index contributed by atoms with van der Waals surface area (Å²) in [4.78, 5) is 43.4. The highest BCUT2D eigenvalue weighted by Gasteiger charge is 2.39. The third kappa shape index (κ3) is 4.89. The number of nitrogens with zero attached hydrogens (tertiary/aromatic N) is 3. The molecule has 2 fully saturated rings. The Labute approximate surface area is 203 Å². The van der Waals surface area contributed by atoms with Crippen molar-refractivity contribution in [3.63, 3.8) is 0 Å². The summed E-state index contributed by atoms with van der Waals surface area (Å²) in [6.07, 6.45) is 0.111. The van der Waals surface area contributed by atoms with Gasteiger partial charge in [0.05, 0.1) is 30.8 Å². The van der Waals surface area contributed by atoms with E-state index >= 15 is 0 Å². The second-order valence-electron chi connectivity index (χ2n) is 8.17. The molecular weight excluding hydrogens is 460 g/mol. The van der Waals surface area contributed by atoms with E-state index in [1.165, 1.54) is 19.1 Å². The number of hydrogen-bond donors (Lipinski definition) is 1. The summed E-state index contributed by atoms with van der Waals surface area (Å²) in [5, 5.41) is 3.22. The zero-order valence-corrected chi connectivity index (χ0v) is 19.9. The number of nitrogens with one attached hydrogen (secondary N) is 1. The summed E-state index contributed by atoms with van der Waals surface area (Å²) in [7, 11) is 3.00. The third-order valence-electron chi connectivity index (χ3n) is 6.12. The number of halogens is 1. The maximum Gasteiger partial charge on any atom is 0.321 e. The molecule has 9 nitrogen and oxygen atoms in total. The molecule has 34 heavy (non-hydrogen) atoms. The molecule has 2 aliphatic rings. The van der Waals surface area contributed by atoms with Gasteiger partial charge in [0.25, 0.3) is 0 Å². The van der Waals surface area contributed by atoms with E-state index in [0.717, 1.165) is 5.69 Å². The van der Waals surface area contributed by atoms with Gasteiger partial charge < -0.3 is 29.5 Å². The molecule has 2 heterocycles. The van der Waals surface area contributed by atoms with Crippen LogP contribution in [-0.2, 0) is 9.59 Å². The summed E-state index contributed by atoms with van der Waals surface area (Å²) in [5.74, 6) is 0.163. The van der Waals surface area contributed by atoms with Crippen LogP contribution in [0.2, 0.25) is 5.02 Å². The van der Waals surface area contributed by atoms with E-state index in [2.05, 4.69) is 5.32 Å². The average molecular weight is 487 g/mol. The van der Waals surface area contributed by atoms with Crippen LogP contribution in [-0.4, -0.2) is 74.6 Å². The van der Waals surface area contributed by atoms with Gasteiger partial charge in [0, 0.05) is 50.9 Å². The fraction of sp³-hybridized carbons (Fsp3) is 0.375.